The van der Waals surface area contributed by atoms with Crippen LogP contribution in [0.1, 0.15) is 38.2 Å². The fraction of sp³-hybridized carbons (Fsp3) is 0.611. The zero-order chi connectivity index (χ0) is 15.7. The van der Waals surface area contributed by atoms with E-state index in [0.717, 1.165) is 44.2 Å². The number of carbonyl (C=O) groups excluding carboxylic acids is 1. The minimum atomic E-state index is -0.185. The van der Waals surface area contributed by atoms with Gasteiger partial charge < -0.3 is 4.90 Å². The van der Waals surface area contributed by atoms with Crippen molar-refractivity contribution in [2.75, 3.05) is 20.1 Å². The molecule has 1 aliphatic carbocycles. The number of carbonyl (C=O) groups is 1. The summed E-state index contributed by atoms with van der Waals surface area (Å²) >= 11 is 0. The van der Waals surface area contributed by atoms with Gasteiger partial charge in [0.2, 0.25) is 5.91 Å². The predicted octanol–water partition coefficient (Wildman–Crippen LogP) is 2.84. The third-order valence-electron chi connectivity index (χ3n) is 5.19. The van der Waals surface area contributed by atoms with Gasteiger partial charge in [-0.3, -0.25) is 9.69 Å². The number of amides is 1. The lowest BCUT2D eigenvalue weighted by molar-refractivity contribution is -0.132. The summed E-state index contributed by atoms with van der Waals surface area (Å²) in [6.07, 6.45) is 5.24. The third-order valence-corrected chi connectivity index (χ3v) is 5.19. The lowest BCUT2D eigenvalue weighted by atomic mass is 9.90. The summed E-state index contributed by atoms with van der Waals surface area (Å²) < 4.78 is 13.4. The van der Waals surface area contributed by atoms with Crippen molar-refractivity contribution < 1.29 is 9.18 Å². The van der Waals surface area contributed by atoms with E-state index in [4.69, 9.17) is 0 Å². The van der Waals surface area contributed by atoms with Crippen molar-refractivity contribution in [3.63, 3.8) is 0 Å². The van der Waals surface area contributed by atoms with Gasteiger partial charge in [-0.1, -0.05) is 12.1 Å². The van der Waals surface area contributed by atoms with Gasteiger partial charge in [-0.05, 0) is 63.3 Å². The molecule has 1 amide bonds. The lowest BCUT2D eigenvalue weighted by Gasteiger charge is -2.36. The van der Waals surface area contributed by atoms with Gasteiger partial charge in [0.1, 0.15) is 5.82 Å². The first-order chi connectivity index (χ1) is 10.5. The van der Waals surface area contributed by atoms with Gasteiger partial charge in [-0.25, -0.2) is 4.39 Å². The second-order valence-corrected chi connectivity index (χ2v) is 7.06. The second kappa shape index (κ2) is 5.99. The van der Waals surface area contributed by atoms with E-state index in [2.05, 4.69) is 11.8 Å². The van der Waals surface area contributed by atoms with Crippen LogP contribution in [-0.4, -0.2) is 47.4 Å². The van der Waals surface area contributed by atoms with E-state index >= 15 is 0 Å². The smallest absolute Gasteiger partial charge is 0.236 e. The van der Waals surface area contributed by atoms with Gasteiger partial charge in [0.05, 0.1) is 6.54 Å². The summed E-state index contributed by atoms with van der Waals surface area (Å²) in [5, 5.41) is 0. The monoisotopic (exact) mass is 304 g/mol. The van der Waals surface area contributed by atoms with Crippen LogP contribution in [-0.2, 0) is 11.2 Å². The summed E-state index contributed by atoms with van der Waals surface area (Å²) in [6, 6.07) is 7.29. The first kappa shape index (κ1) is 15.5. The van der Waals surface area contributed by atoms with Crippen molar-refractivity contribution in [1.82, 2.24) is 9.80 Å². The highest BCUT2D eigenvalue weighted by Crippen LogP contribution is 2.33. The van der Waals surface area contributed by atoms with Gasteiger partial charge in [-0.15, -0.1) is 0 Å². The Labute approximate surface area is 132 Å². The van der Waals surface area contributed by atoms with E-state index in [1.807, 2.05) is 18.0 Å². The van der Waals surface area contributed by atoms with Gasteiger partial charge in [0, 0.05) is 18.6 Å². The van der Waals surface area contributed by atoms with Crippen LogP contribution in [0.3, 0.4) is 0 Å². The summed E-state index contributed by atoms with van der Waals surface area (Å²) in [7, 11) is 1.92. The molecule has 0 bridgehead atoms. The summed E-state index contributed by atoms with van der Waals surface area (Å²) in [5.74, 6) is 0.0325. The molecule has 0 spiro atoms. The van der Waals surface area contributed by atoms with E-state index < -0.39 is 0 Å². The molecule has 1 aliphatic heterocycles. The first-order valence-electron chi connectivity index (χ1n) is 8.23. The molecular weight excluding hydrogens is 279 g/mol. The van der Waals surface area contributed by atoms with Crippen LogP contribution in [0, 0.1) is 5.82 Å². The number of hydrogen-bond acceptors (Lipinski definition) is 2. The average molecular weight is 304 g/mol. The van der Waals surface area contributed by atoms with Crippen LogP contribution in [0.15, 0.2) is 24.3 Å². The molecule has 2 fully saturated rings. The normalized spacial score (nSPS) is 25.4. The molecule has 0 radical (unpaired) electrons. The van der Waals surface area contributed by atoms with E-state index in [0.29, 0.717) is 12.6 Å². The fourth-order valence-corrected chi connectivity index (χ4v) is 3.58. The highest BCUT2D eigenvalue weighted by atomic mass is 19.1. The number of nitrogens with zero attached hydrogens (tertiary/aromatic N) is 2. The molecule has 1 heterocycles. The number of rotatable bonds is 5. The Balaban J connectivity index is 1.67. The Morgan fingerprint density at radius 3 is 2.91 bits per heavy atom. The highest BCUT2D eigenvalue weighted by molar-refractivity contribution is 5.78. The zero-order valence-corrected chi connectivity index (χ0v) is 13.5. The van der Waals surface area contributed by atoms with Gasteiger partial charge >= 0.3 is 0 Å². The number of hydrogen-bond donors (Lipinski definition) is 0. The van der Waals surface area contributed by atoms with E-state index in [-0.39, 0.29) is 17.3 Å². The van der Waals surface area contributed by atoms with Gasteiger partial charge in [0.15, 0.2) is 0 Å². The Kier molecular flexibility index (Phi) is 4.22. The van der Waals surface area contributed by atoms with Crippen molar-refractivity contribution in [3.05, 3.63) is 35.6 Å². The molecule has 3 nitrogen and oxygen atoms in total. The quantitative estimate of drug-likeness (QED) is 0.835. The third kappa shape index (κ3) is 3.32. The van der Waals surface area contributed by atoms with Gasteiger partial charge in [-0.2, -0.15) is 0 Å². The maximum absolute atomic E-state index is 13.4. The largest absolute Gasteiger partial charge is 0.342 e. The molecule has 1 aromatic carbocycles. The van der Waals surface area contributed by atoms with Crippen LogP contribution in [0.5, 0.6) is 0 Å². The number of benzene rings is 1. The molecule has 1 aromatic rings. The minimum Gasteiger partial charge on any atom is -0.342 e. The molecule has 2 aliphatic rings. The van der Waals surface area contributed by atoms with E-state index in [1.54, 1.807) is 12.1 Å². The molecule has 1 saturated carbocycles. The van der Waals surface area contributed by atoms with Crippen molar-refractivity contribution in [2.24, 2.45) is 0 Å². The Hall–Kier alpha value is -1.42. The summed E-state index contributed by atoms with van der Waals surface area (Å²) in [6.45, 7) is 3.64. The van der Waals surface area contributed by atoms with Gasteiger partial charge in [0.25, 0.3) is 0 Å². The fourth-order valence-electron chi connectivity index (χ4n) is 3.58. The number of halogens is 1. The lowest BCUT2D eigenvalue weighted by Crippen LogP contribution is -2.48. The molecule has 0 aromatic heterocycles. The second-order valence-electron chi connectivity index (χ2n) is 7.06. The molecular formula is C18H25FN2O. The Morgan fingerprint density at radius 2 is 2.23 bits per heavy atom. The first-order valence-corrected chi connectivity index (χ1v) is 8.23. The Morgan fingerprint density at radius 1 is 1.45 bits per heavy atom. The topological polar surface area (TPSA) is 23.6 Å². The summed E-state index contributed by atoms with van der Waals surface area (Å²) in [4.78, 5) is 16.6. The van der Waals surface area contributed by atoms with Crippen LogP contribution in [0.25, 0.3) is 0 Å². The van der Waals surface area contributed by atoms with Crippen LogP contribution in [0.2, 0.25) is 0 Å². The molecule has 4 heteroatoms. The standard InChI is InChI=1S/C18H25FN2O/c1-18(12-14-5-3-6-15(19)11-14)9-4-10-21(18)13-17(22)20(2)16-7-8-16/h3,5-6,11,16H,4,7-10,12-13H2,1-2H3. The predicted molar refractivity (Wildman–Crippen MR) is 85.1 cm³/mol. The maximum atomic E-state index is 13.4. The van der Waals surface area contributed by atoms with Crippen molar-refractivity contribution in [1.29, 1.82) is 0 Å². The molecule has 3 rings (SSSR count). The van der Waals surface area contributed by atoms with Crippen molar-refractivity contribution in [3.8, 4) is 0 Å². The highest BCUT2D eigenvalue weighted by Gasteiger charge is 2.39. The minimum absolute atomic E-state index is 0.0478. The maximum Gasteiger partial charge on any atom is 0.236 e. The SMILES string of the molecule is CN(C(=O)CN1CCCC1(C)Cc1cccc(F)c1)C1CC1. The molecule has 120 valence electrons. The summed E-state index contributed by atoms with van der Waals surface area (Å²) in [5.41, 5.74) is 0.964. The van der Waals surface area contributed by atoms with Crippen LogP contribution >= 0.6 is 0 Å². The molecule has 22 heavy (non-hydrogen) atoms. The molecule has 1 saturated heterocycles. The average Bonchev–Trinajstić information content (AvgIpc) is 3.24. The van der Waals surface area contributed by atoms with E-state index in [1.165, 1.54) is 6.07 Å². The molecule has 0 N–H and O–H groups in total. The van der Waals surface area contributed by atoms with Crippen LogP contribution < -0.4 is 0 Å². The number of likely N-dealkylation sites (tertiary alicyclic amines) is 1. The van der Waals surface area contributed by atoms with Crippen LogP contribution in [0.4, 0.5) is 4.39 Å². The Bertz CT molecular complexity index is 558. The zero-order valence-electron chi connectivity index (χ0n) is 13.5. The molecule has 1 unspecified atom stereocenters. The molecule has 1 atom stereocenters. The van der Waals surface area contributed by atoms with Crippen molar-refractivity contribution in [2.45, 2.75) is 50.6 Å². The van der Waals surface area contributed by atoms with Crippen molar-refractivity contribution >= 4 is 5.91 Å². The number of likely N-dealkylation sites (N-methyl/N-ethyl adjacent to an activating group) is 1. The van der Waals surface area contributed by atoms with E-state index in [9.17, 15) is 9.18 Å².